The van der Waals surface area contributed by atoms with Crippen LogP contribution in [0.5, 0.6) is 0 Å². The third-order valence-corrected chi connectivity index (χ3v) is 1.67. The van der Waals surface area contributed by atoms with Crippen LogP contribution in [0.4, 0.5) is 0 Å². The van der Waals surface area contributed by atoms with Crippen LogP contribution in [0.1, 0.15) is 32.6 Å². The Balaban J connectivity index is 2.09. The molecule has 1 rings (SSSR count). The molecule has 1 unspecified atom stereocenters. The topological polar surface area (TPSA) is 33.6 Å². The molecule has 0 bridgehead atoms. The highest BCUT2D eigenvalue weighted by molar-refractivity contribution is 5.55. The summed E-state index contributed by atoms with van der Waals surface area (Å²) < 4.78 is 5.40. The van der Waals surface area contributed by atoms with E-state index in [9.17, 15) is 0 Å². The first-order chi connectivity index (χ1) is 5.43. The first kappa shape index (κ1) is 8.53. The summed E-state index contributed by atoms with van der Waals surface area (Å²) in [6, 6.07) is 0. The Bertz CT molecular complexity index is 119. The van der Waals surface area contributed by atoms with Crippen molar-refractivity contribution in [3.63, 3.8) is 0 Å². The minimum absolute atomic E-state index is 0.159. The first-order valence-electron chi connectivity index (χ1n) is 4.32. The molecular formula is C8H16N2O. The molecule has 0 aromatic heterocycles. The summed E-state index contributed by atoms with van der Waals surface area (Å²) in [5, 5.41) is 4.01. The zero-order chi connectivity index (χ0) is 7.94. The SMILES string of the molecule is CC/C=N\NC1CCCCO1. The predicted molar refractivity (Wildman–Crippen MR) is 45.5 cm³/mol. The zero-order valence-electron chi connectivity index (χ0n) is 7.05. The highest BCUT2D eigenvalue weighted by Crippen LogP contribution is 2.09. The van der Waals surface area contributed by atoms with Crippen LogP contribution in [-0.2, 0) is 4.74 Å². The van der Waals surface area contributed by atoms with Gasteiger partial charge in [-0.05, 0) is 25.7 Å². The standard InChI is InChI=1S/C8H16N2O/c1-2-6-9-10-8-5-3-4-7-11-8/h6,8,10H,2-5,7H2,1H3/b9-6-. The second kappa shape index (κ2) is 5.13. The van der Waals surface area contributed by atoms with E-state index in [1.165, 1.54) is 12.8 Å². The average Bonchev–Trinajstić information content (AvgIpc) is 2.07. The molecule has 1 aliphatic heterocycles. The molecule has 1 saturated heterocycles. The van der Waals surface area contributed by atoms with E-state index in [0.717, 1.165) is 19.4 Å². The van der Waals surface area contributed by atoms with E-state index < -0.39 is 0 Å². The Morgan fingerprint density at radius 3 is 3.18 bits per heavy atom. The molecule has 11 heavy (non-hydrogen) atoms. The molecule has 0 aliphatic carbocycles. The van der Waals surface area contributed by atoms with Crippen molar-refractivity contribution in [3.8, 4) is 0 Å². The van der Waals surface area contributed by atoms with Gasteiger partial charge in [0, 0.05) is 12.8 Å². The van der Waals surface area contributed by atoms with Crippen molar-refractivity contribution in [1.82, 2.24) is 5.43 Å². The lowest BCUT2D eigenvalue weighted by Gasteiger charge is -2.21. The van der Waals surface area contributed by atoms with E-state index in [1.54, 1.807) is 0 Å². The van der Waals surface area contributed by atoms with Gasteiger partial charge in [-0.15, -0.1) is 0 Å². The van der Waals surface area contributed by atoms with Crippen LogP contribution in [-0.4, -0.2) is 19.0 Å². The van der Waals surface area contributed by atoms with Gasteiger partial charge in [0.2, 0.25) is 0 Å². The molecule has 0 radical (unpaired) electrons. The van der Waals surface area contributed by atoms with Crippen LogP contribution in [0.3, 0.4) is 0 Å². The molecule has 1 heterocycles. The summed E-state index contributed by atoms with van der Waals surface area (Å²) >= 11 is 0. The van der Waals surface area contributed by atoms with Crippen LogP contribution in [0, 0.1) is 0 Å². The van der Waals surface area contributed by atoms with Crippen molar-refractivity contribution in [3.05, 3.63) is 0 Å². The molecule has 0 aromatic carbocycles. The van der Waals surface area contributed by atoms with Crippen molar-refractivity contribution < 1.29 is 4.74 Å². The molecule has 1 fully saturated rings. The number of nitrogens with one attached hydrogen (secondary N) is 1. The molecule has 0 saturated carbocycles. The van der Waals surface area contributed by atoms with E-state index >= 15 is 0 Å². The Morgan fingerprint density at radius 1 is 1.64 bits per heavy atom. The monoisotopic (exact) mass is 156 g/mol. The summed E-state index contributed by atoms with van der Waals surface area (Å²) in [5.41, 5.74) is 2.97. The van der Waals surface area contributed by atoms with Crippen molar-refractivity contribution in [1.29, 1.82) is 0 Å². The predicted octanol–water partition coefficient (Wildman–Crippen LogP) is 1.50. The van der Waals surface area contributed by atoms with Gasteiger partial charge in [-0.3, -0.25) is 5.43 Å². The lowest BCUT2D eigenvalue weighted by Crippen LogP contribution is -2.31. The maximum Gasteiger partial charge on any atom is 0.142 e. The van der Waals surface area contributed by atoms with Crippen LogP contribution in [0.15, 0.2) is 5.10 Å². The van der Waals surface area contributed by atoms with E-state index in [4.69, 9.17) is 4.74 Å². The van der Waals surface area contributed by atoms with Crippen LogP contribution in [0.2, 0.25) is 0 Å². The maximum absolute atomic E-state index is 5.40. The smallest absolute Gasteiger partial charge is 0.142 e. The molecule has 3 heteroatoms. The Hall–Kier alpha value is -0.570. The van der Waals surface area contributed by atoms with Gasteiger partial charge in [-0.25, -0.2) is 0 Å². The summed E-state index contributed by atoms with van der Waals surface area (Å²) in [7, 11) is 0. The van der Waals surface area contributed by atoms with Crippen LogP contribution >= 0.6 is 0 Å². The van der Waals surface area contributed by atoms with Gasteiger partial charge in [0.15, 0.2) is 0 Å². The van der Waals surface area contributed by atoms with Crippen LogP contribution < -0.4 is 5.43 Å². The highest BCUT2D eigenvalue weighted by Gasteiger charge is 2.11. The zero-order valence-corrected chi connectivity index (χ0v) is 7.05. The molecule has 0 spiro atoms. The molecule has 1 N–H and O–H groups in total. The number of hydrogen-bond donors (Lipinski definition) is 1. The van der Waals surface area contributed by atoms with Gasteiger partial charge in [0.25, 0.3) is 0 Å². The fourth-order valence-electron chi connectivity index (χ4n) is 1.07. The second-order valence-corrected chi connectivity index (χ2v) is 2.70. The van der Waals surface area contributed by atoms with Crippen LogP contribution in [0.25, 0.3) is 0 Å². The second-order valence-electron chi connectivity index (χ2n) is 2.70. The average molecular weight is 156 g/mol. The number of hydrogen-bond acceptors (Lipinski definition) is 3. The minimum atomic E-state index is 0.159. The fraction of sp³-hybridized carbons (Fsp3) is 0.875. The van der Waals surface area contributed by atoms with Gasteiger partial charge in [-0.1, -0.05) is 6.92 Å². The Labute approximate surface area is 67.8 Å². The molecule has 3 nitrogen and oxygen atoms in total. The molecule has 0 aromatic rings. The lowest BCUT2D eigenvalue weighted by atomic mass is 10.2. The van der Waals surface area contributed by atoms with Crippen molar-refractivity contribution >= 4 is 6.21 Å². The number of ether oxygens (including phenoxy) is 1. The van der Waals surface area contributed by atoms with Gasteiger partial charge < -0.3 is 4.74 Å². The fourth-order valence-corrected chi connectivity index (χ4v) is 1.07. The largest absolute Gasteiger partial charge is 0.357 e. The summed E-state index contributed by atoms with van der Waals surface area (Å²) in [6.07, 6.45) is 6.51. The summed E-state index contributed by atoms with van der Waals surface area (Å²) in [5.74, 6) is 0. The summed E-state index contributed by atoms with van der Waals surface area (Å²) in [6.45, 7) is 2.94. The van der Waals surface area contributed by atoms with Gasteiger partial charge in [0.1, 0.15) is 6.23 Å². The van der Waals surface area contributed by atoms with Gasteiger partial charge in [0.05, 0.1) is 0 Å². The van der Waals surface area contributed by atoms with Gasteiger partial charge >= 0.3 is 0 Å². The Morgan fingerprint density at radius 2 is 2.55 bits per heavy atom. The maximum atomic E-state index is 5.40. The third-order valence-electron chi connectivity index (χ3n) is 1.67. The highest BCUT2D eigenvalue weighted by atomic mass is 16.5. The van der Waals surface area contributed by atoms with Crippen molar-refractivity contribution in [2.24, 2.45) is 5.10 Å². The molecule has 0 amide bonds. The quantitative estimate of drug-likeness (QED) is 0.496. The third kappa shape index (κ3) is 3.37. The van der Waals surface area contributed by atoms with E-state index in [2.05, 4.69) is 17.5 Å². The number of hydrazone groups is 1. The first-order valence-corrected chi connectivity index (χ1v) is 4.32. The molecular weight excluding hydrogens is 140 g/mol. The molecule has 1 aliphatic rings. The number of nitrogens with zero attached hydrogens (tertiary/aromatic N) is 1. The van der Waals surface area contributed by atoms with E-state index in [-0.39, 0.29) is 6.23 Å². The normalized spacial score (nSPS) is 25.7. The van der Waals surface area contributed by atoms with E-state index in [1.807, 2.05) is 6.21 Å². The minimum Gasteiger partial charge on any atom is -0.357 e. The Kier molecular flexibility index (Phi) is 3.98. The molecule has 1 atom stereocenters. The summed E-state index contributed by atoms with van der Waals surface area (Å²) in [4.78, 5) is 0. The lowest BCUT2D eigenvalue weighted by molar-refractivity contribution is -0.00442. The van der Waals surface area contributed by atoms with Gasteiger partial charge in [-0.2, -0.15) is 5.10 Å². The number of rotatable bonds is 3. The molecule has 64 valence electrons. The van der Waals surface area contributed by atoms with Crippen molar-refractivity contribution in [2.45, 2.75) is 38.8 Å². The van der Waals surface area contributed by atoms with E-state index in [0.29, 0.717) is 0 Å². The van der Waals surface area contributed by atoms with Crippen molar-refractivity contribution in [2.75, 3.05) is 6.61 Å².